The Bertz CT molecular complexity index is 437. The van der Waals surface area contributed by atoms with E-state index < -0.39 is 5.92 Å². The summed E-state index contributed by atoms with van der Waals surface area (Å²) in [4.78, 5) is 22.8. The maximum Gasteiger partial charge on any atom is 0.160 e. The maximum atomic E-state index is 11.4. The lowest BCUT2D eigenvalue weighted by atomic mass is 9.92. The average molecular weight is 250 g/mol. The molecule has 0 bridgehead atoms. The molecule has 0 saturated carbocycles. The van der Waals surface area contributed by atoms with E-state index in [4.69, 9.17) is 9.47 Å². The highest BCUT2D eigenvalue weighted by Crippen LogP contribution is 2.28. The Kier molecular flexibility index (Phi) is 4.89. The van der Waals surface area contributed by atoms with E-state index in [0.29, 0.717) is 17.9 Å². The molecule has 0 heterocycles. The second-order valence-corrected chi connectivity index (χ2v) is 4.17. The van der Waals surface area contributed by atoms with Gasteiger partial charge in [-0.05, 0) is 38.0 Å². The van der Waals surface area contributed by atoms with E-state index in [-0.39, 0.29) is 11.6 Å². The number of carbonyl (C=O) groups excluding carboxylic acids is 2. The molecule has 1 aromatic rings. The van der Waals surface area contributed by atoms with Gasteiger partial charge in [0, 0.05) is 0 Å². The summed E-state index contributed by atoms with van der Waals surface area (Å²) in [7, 11) is 3.11. The normalized spacial score (nSPS) is 10.3. The Balaban J connectivity index is 2.97. The molecule has 0 amide bonds. The van der Waals surface area contributed by atoms with Crippen molar-refractivity contribution in [3.63, 3.8) is 0 Å². The first kappa shape index (κ1) is 14.2. The minimum atomic E-state index is -0.580. The number of ketones is 2. The van der Waals surface area contributed by atoms with Crippen LogP contribution in [0.2, 0.25) is 0 Å². The predicted molar refractivity (Wildman–Crippen MR) is 68.1 cm³/mol. The van der Waals surface area contributed by atoms with Crippen LogP contribution in [0.1, 0.15) is 19.4 Å². The van der Waals surface area contributed by atoms with Crippen molar-refractivity contribution in [1.82, 2.24) is 0 Å². The van der Waals surface area contributed by atoms with E-state index in [1.165, 1.54) is 13.8 Å². The molecular weight excluding hydrogens is 232 g/mol. The van der Waals surface area contributed by atoms with Gasteiger partial charge in [0.15, 0.2) is 11.5 Å². The van der Waals surface area contributed by atoms with Gasteiger partial charge in [-0.1, -0.05) is 6.07 Å². The van der Waals surface area contributed by atoms with E-state index in [2.05, 4.69) is 0 Å². The zero-order valence-electron chi connectivity index (χ0n) is 11.1. The number of methoxy groups -OCH3 is 2. The van der Waals surface area contributed by atoms with Crippen LogP contribution < -0.4 is 9.47 Å². The molecule has 0 N–H and O–H groups in total. The van der Waals surface area contributed by atoms with Crippen LogP contribution in [-0.2, 0) is 16.0 Å². The van der Waals surface area contributed by atoms with Crippen molar-refractivity contribution in [2.45, 2.75) is 20.3 Å². The summed E-state index contributed by atoms with van der Waals surface area (Å²) in [5.74, 6) is 0.418. The van der Waals surface area contributed by atoms with Crippen LogP contribution in [0, 0.1) is 5.92 Å². The fraction of sp³-hybridized carbons (Fsp3) is 0.429. The fourth-order valence-corrected chi connectivity index (χ4v) is 1.82. The summed E-state index contributed by atoms with van der Waals surface area (Å²) in [6.45, 7) is 2.87. The van der Waals surface area contributed by atoms with Crippen molar-refractivity contribution in [2.24, 2.45) is 5.92 Å². The average Bonchev–Trinajstić information content (AvgIpc) is 2.34. The zero-order chi connectivity index (χ0) is 13.7. The lowest BCUT2D eigenvalue weighted by molar-refractivity contribution is -0.130. The molecule has 18 heavy (non-hydrogen) atoms. The molecule has 0 saturated heterocycles. The summed E-state index contributed by atoms with van der Waals surface area (Å²) >= 11 is 0. The summed E-state index contributed by atoms with van der Waals surface area (Å²) in [6.07, 6.45) is 0.394. The number of carbonyl (C=O) groups is 2. The van der Waals surface area contributed by atoms with Crippen LogP contribution in [0.4, 0.5) is 0 Å². The minimum absolute atomic E-state index is 0.114. The van der Waals surface area contributed by atoms with Crippen molar-refractivity contribution >= 4 is 11.6 Å². The number of Topliss-reactive ketones (excluding diaryl/α,β-unsaturated/α-hetero) is 2. The van der Waals surface area contributed by atoms with Crippen molar-refractivity contribution in [3.8, 4) is 11.5 Å². The van der Waals surface area contributed by atoms with Crippen LogP contribution in [-0.4, -0.2) is 25.8 Å². The Morgan fingerprint density at radius 2 is 1.61 bits per heavy atom. The SMILES string of the molecule is COc1ccc(CC(C(C)=O)C(C)=O)cc1OC. The van der Waals surface area contributed by atoms with E-state index in [0.717, 1.165) is 5.56 Å². The summed E-state index contributed by atoms with van der Waals surface area (Å²) in [5, 5.41) is 0. The number of hydrogen-bond donors (Lipinski definition) is 0. The highest BCUT2D eigenvalue weighted by atomic mass is 16.5. The van der Waals surface area contributed by atoms with Gasteiger partial charge >= 0.3 is 0 Å². The van der Waals surface area contributed by atoms with E-state index in [1.807, 2.05) is 6.07 Å². The number of hydrogen-bond acceptors (Lipinski definition) is 4. The molecule has 98 valence electrons. The molecule has 0 radical (unpaired) electrons. The fourth-order valence-electron chi connectivity index (χ4n) is 1.82. The molecule has 0 aliphatic carbocycles. The number of ether oxygens (including phenoxy) is 2. The van der Waals surface area contributed by atoms with Crippen LogP contribution in [0.25, 0.3) is 0 Å². The molecule has 4 nitrogen and oxygen atoms in total. The Labute approximate surface area is 107 Å². The topological polar surface area (TPSA) is 52.6 Å². The van der Waals surface area contributed by atoms with Crippen LogP contribution in [0.5, 0.6) is 11.5 Å². The third-order valence-electron chi connectivity index (χ3n) is 2.87. The molecule has 1 rings (SSSR count). The number of rotatable bonds is 6. The third-order valence-corrected chi connectivity index (χ3v) is 2.87. The van der Waals surface area contributed by atoms with Gasteiger partial charge in [-0.2, -0.15) is 0 Å². The molecule has 0 fully saturated rings. The van der Waals surface area contributed by atoms with E-state index in [9.17, 15) is 9.59 Å². The lowest BCUT2D eigenvalue weighted by Crippen LogP contribution is -2.21. The largest absolute Gasteiger partial charge is 0.493 e. The van der Waals surface area contributed by atoms with Crippen molar-refractivity contribution in [2.75, 3.05) is 14.2 Å². The molecule has 0 unspecified atom stereocenters. The zero-order valence-corrected chi connectivity index (χ0v) is 11.1. The molecule has 0 atom stereocenters. The second-order valence-electron chi connectivity index (χ2n) is 4.17. The standard InChI is InChI=1S/C14H18O4/c1-9(15)12(10(2)16)7-11-5-6-13(17-3)14(8-11)18-4/h5-6,8,12H,7H2,1-4H3. The van der Waals surface area contributed by atoms with Gasteiger partial charge in [0.1, 0.15) is 11.6 Å². The quantitative estimate of drug-likeness (QED) is 0.725. The minimum Gasteiger partial charge on any atom is -0.493 e. The first-order valence-corrected chi connectivity index (χ1v) is 5.71. The Morgan fingerprint density at radius 3 is 2.06 bits per heavy atom. The summed E-state index contributed by atoms with van der Waals surface area (Å²) in [6, 6.07) is 5.39. The van der Waals surface area contributed by atoms with Gasteiger partial charge in [-0.3, -0.25) is 9.59 Å². The van der Waals surface area contributed by atoms with Gasteiger partial charge < -0.3 is 9.47 Å². The van der Waals surface area contributed by atoms with Crippen LogP contribution in [0.3, 0.4) is 0 Å². The van der Waals surface area contributed by atoms with Crippen molar-refractivity contribution in [1.29, 1.82) is 0 Å². The van der Waals surface area contributed by atoms with E-state index in [1.54, 1.807) is 26.4 Å². The first-order valence-electron chi connectivity index (χ1n) is 5.71. The van der Waals surface area contributed by atoms with Crippen LogP contribution in [0.15, 0.2) is 18.2 Å². The molecule has 0 spiro atoms. The predicted octanol–water partition coefficient (Wildman–Crippen LogP) is 2.04. The van der Waals surface area contributed by atoms with Crippen LogP contribution >= 0.6 is 0 Å². The van der Waals surface area contributed by atoms with Gasteiger partial charge in [0.2, 0.25) is 0 Å². The van der Waals surface area contributed by atoms with Gasteiger partial charge in [0.05, 0.1) is 20.1 Å². The Hall–Kier alpha value is -1.84. The highest BCUT2D eigenvalue weighted by Gasteiger charge is 2.20. The molecule has 1 aromatic carbocycles. The number of benzene rings is 1. The molecule has 4 heteroatoms. The maximum absolute atomic E-state index is 11.4. The van der Waals surface area contributed by atoms with Gasteiger partial charge in [0.25, 0.3) is 0 Å². The first-order chi connectivity index (χ1) is 8.49. The van der Waals surface area contributed by atoms with E-state index >= 15 is 0 Å². The van der Waals surface area contributed by atoms with Crippen molar-refractivity contribution < 1.29 is 19.1 Å². The van der Waals surface area contributed by atoms with Gasteiger partial charge in [-0.15, -0.1) is 0 Å². The summed E-state index contributed by atoms with van der Waals surface area (Å²) in [5.41, 5.74) is 0.878. The summed E-state index contributed by atoms with van der Waals surface area (Å²) < 4.78 is 10.3. The molecular formula is C14H18O4. The lowest BCUT2D eigenvalue weighted by Gasteiger charge is -2.13. The van der Waals surface area contributed by atoms with Crippen molar-refractivity contribution in [3.05, 3.63) is 23.8 Å². The smallest absolute Gasteiger partial charge is 0.160 e. The monoisotopic (exact) mass is 250 g/mol. The molecule has 0 aromatic heterocycles. The second kappa shape index (κ2) is 6.19. The Morgan fingerprint density at radius 1 is 1.06 bits per heavy atom. The third kappa shape index (κ3) is 3.32. The molecule has 0 aliphatic heterocycles. The highest BCUT2D eigenvalue weighted by molar-refractivity contribution is 6.00. The molecule has 0 aliphatic rings. The van der Waals surface area contributed by atoms with Gasteiger partial charge in [-0.25, -0.2) is 0 Å².